The topological polar surface area (TPSA) is 114 Å². The van der Waals surface area contributed by atoms with Crippen molar-refractivity contribution in [3.63, 3.8) is 0 Å². The number of carbonyl (C=O) groups excluding carboxylic acids is 2. The fourth-order valence-corrected chi connectivity index (χ4v) is 1.16. The Hall–Kier alpha value is -2.56. The summed E-state index contributed by atoms with van der Waals surface area (Å²) in [6.45, 7) is 3.52. The van der Waals surface area contributed by atoms with Crippen LogP contribution in [0.4, 0.5) is 5.88 Å². The molecule has 19 heavy (non-hydrogen) atoms. The van der Waals surface area contributed by atoms with Gasteiger partial charge in [0.15, 0.2) is 0 Å². The summed E-state index contributed by atoms with van der Waals surface area (Å²) < 4.78 is 14.4. The number of hydrogen-bond donors (Lipinski definition) is 1. The maximum Gasteiger partial charge on any atom is 0.394 e. The van der Waals surface area contributed by atoms with Crippen LogP contribution in [0.2, 0.25) is 0 Å². The van der Waals surface area contributed by atoms with E-state index in [9.17, 15) is 9.59 Å². The highest BCUT2D eigenvalue weighted by Gasteiger charge is 2.20. The second-order valence-electron chi connectivity index (χ2n) is 3.19. The van der Waals surface area contributed by atoms with Gasteiger partial charge in [0.2, 0.25) is 11.6 Å². The molecule has 0 aliphatic carbocycles. The van der Waals surface area contributed by atoms with E-state index in [-0.39, 0.29) is 37.2 Å². The van der Waals surface area contributed by atoms with Gasteiger partial charge in [-0.25, -0.2) is 4.79 Å². The molecule has 1 rings (SSSR count). The standard InChI is InChI=1S/C11H13N3O5/c1-3-17-8(15)6-13-9-7(5-12)14-10(19-9)11(16)18-4-2/h13H,3-4,6H2,1-2H3. The quantitative estimate of drug-likeness (QED) is 0.749. The smallest absolute Gasteiger partial charge is 0.394 e. The molecule has 0 aliphatic rings. The lowest BCUT2D eigenvalue weighted by Gasteiger charge is -2.02. The number of anilines is 1. The molecule has 102 valence electrons. The molecule has 0 aromatic carbocycles. The molecule has 1 heterocycles. The molecule has 0 saturated heterocycles. The van der Waals surface area contributed by atoms with Gasteiger partial charge in [-0.2, -0.15) is 10.2 Å². The van der Waals surface area contributed by atoms with Crippen molar-refractivity contribution in [3.05, 3.63) is 11.6 Å². The third kappa shape index (κ3) is 3.99. The average Bonchev–Trinajstić information content (AvgIpc) is 2.80. The minimum absolute atomic E-state index is 0.0707. The number of carbonyl (C=O) groups is 2. The van der Waals surface area contributed by atoms with E-state index < -0.39 is 11.9 Å². The first-order valence-corrected chi connectivity index (χ1v) is 5.59. The van der Waals surface area contributed by atoms with Crippen LogP contribution in [-0.4, -0.2) is 36.7 Å². The molecule has 0 unspecified atom stereocenters. The van der Waals surface area contributed by atoms with Crippen molar-refractivity contribution in [2.75, 3.05) is 25.1 Å². The number of nitriles is 1. The fraction of sp³-hybridized carbons (Fsp3) is 0.455. The van der Waals surface area contributed by atoms with Crippen LogP contribution < -0.4 is 5.32 Å². The van der Waals surface area contributed by atoms with Gasteiger partial charge in [0.05, 0.1) is 13.2 Å². The zero-order valence-electron chi connectivity index (χ0n) is 10.6. The minimum Gasteiger partial charge on any atom is -0.465 e. The molecule has 8 nitrogen and oxygen atoms in total. The van der Waals surface area contributed by atoms with Crippen LogP contribution in [0.5, 0.6) is 0 Å². The van der Waals surface area contributed by atoms with Crippen molar-refractivity contribution in [1.29, 1.82) is 5.26 Å². The second-order valence-corrected chi connectivity index (χ2v) is 3.19. The minimum atomic E-state index is -0.775. The van der Waals surface area contributed by atoms with Crippen LogP contribution in [-0.2, 0) is 14.3 Å². The number of ether oxygens (including phenoxy) is 2. The first-order chi connectivity index (χ1) is 9.12. The molecular weight excluding hydrogens is 254 g/mol. The third-order valence-corrected chi connectivity index (χ3v) is 1.88. The Kier molecular flexibility index (Phi) is 5.35. The Morgan fingerprint density at radius 3 is 2.63 bits per heavy atom. The molecular formula is C11H13N3O5. The Labute approximate surface area is 109 Å². The van der Waals surface area contributed by atoms with E-state index in [1.807, 2.05) is 0 Å². The zero-order valence-corrected chi connectivity index (χ0v) is 10.6. The molecule has 0 radical (unpaired) electrons. The number of esters is 2. The molecule has 0 saturated carbocycles. The van der Waals surface area contributed by atoms with Gasteiger partial charge in [-0.15, -0.1) is 0 Å². The van der Waals surface area contributed by atoms with E-state index in [1.165, 1.54) is 0 Å². The summed E-state index contributed by atoms with van der Waals surface area (Å²) in [5.74, 6) is -1.70. The summed E-state index contributed by atoms with van der Waals surface area (Å²) >= 11 is 0. The van der Waals surface area contributed by atoms with E-state index in [0.29, 0.717) is 0 Å². The van der Waals surface area contributed by atoms with E-state index in [1.54, 1.807) is 19.9 Å². The number of rotatable bonds is 6. The second kappa shape index (κ2) is 7.00. The van der Waals surface area contributed by atoms with Crippen molar-refractivity contribution >= 4 is 17.8 Å². The predicted molar refractivity (Wildman–Crippen MR) is 62.3 cm³/mol. The molecule has 1 aromatic heterocycles. The summed E-state index contributed by atoms with van der Waals surface area (Å²) in [5.41, 5.74) is -0.132. The molecule has 1 aromatic rings. The van der Waals surface area contributed by atoms with Crippen LogP contribution in [0.15, 0.2) is 4.42 Å². The first-order valence-electron chi connectivity index (χ1n) is 5.59. The molecule has 0 spiro atoms. The Balaban J connectivity index is 2.75. The van der Waals surface area contributed by atoms with Crippen molar-refractivity contribution in [2.45, 2.75) is 13.8 Å². The lowest BCUT2D eigenvalue weighted by molar-refractivity contribution is -0.140. The van der Waals surface area contributed by atoms with E-state index in [0.717, 1.165) is 0 Å². The van der Waals surface area contributed by atoms with Gasteiger partial charge in [-0.05, 0) is 13.8 Å². The number of aromatic nitrogens is 1. The Morgan fingerprint density at radius 2 is 2.05 bits per heavy atom. The van der Waals surface area contributed by atoms with Gasteiger partial charge in [0.1, 0.15) is 12.6 Å². The van der Waals surface area contributed by atoms with Gasteiger partial charge in [-0.3, -0.25) is 4.79 Å². The first kappa shape index (κ1) is 14.5. The maximum atomic E-state index is 11.4. The molecule has 1 N–H and O–H groups in total. The van der Waals surface area contributed by atoms with Crippen LogP contribution in [0.3, 0.4) is 0 Å². The molecule has 0 bridgehead atoms. The van der Waals surface area contributed by atoms with Gasteiger partial charge in [0.25, 0.3) is 0 Å². The number of oxazole rings is 1. The summed E-state index contributed by atoms with van der Waals surface area (Å²) in [7, 11) is 0. The molecule has 0 amide bonds. The highest BCUT2D eigenvalue weighted by molar-refractivity contribution is 5.85. The number of nitrogens with one attached hydrogen (secondary N) is 1. The van der Waals surface area contributed by atoms with Crippen molar-refractivity contribution in [3.8, 4) is 6.07 Å². The van der Waals surface area contributed by atoms with Crippen molar-refractivity contribution in [1.82, 2.24) is 4.98 Å². The maximum absolute atomic E-state index is 11.4. The summed E-state index contributed by atoms with van der Waals surface area (Å²) in [6.07, 6.45) is 0. The van der Waals surface area contributed by atoms with E-state index >= 15 is 0 Å². The SMILES string of the molecule is CCOC(=O)CNc1oc(C(=O)OCC)nc1C#N. The zero-order chi connectivity index (χ0) is 14.3. The van der Waals surface area contributed by atoms with E-state index in [4.69, 9.17) is 14.4 Å². The highest BCUT2D eigenvalue weighted by atomic mass is 16.5. The molecule has 8 heteroatoms. The highest BCUT2D eigenvalue weighted by Crippen LogP contribution is 2.16. The third-order valence-electron chi connectivity index (χ3n) is 1.88. The summed E-state index contributed by atoms with van der Waals surface area (Å²) in [6, 6.07) is 1.74. The van der Waals surface area contributed by atoms with Crippen LogP contribution >= 0.6 is 0 Å². The van der Waals surface area contributed by atoms with Crippen LogP contribution in [0, 0.1) is 11.3 Å². The van der Waals surface area contributed by atoms with Crippen LogP contribution in [0.1, 0.15) is 30.2 Å². The lowest BCUT2D eigenvalue weighted by atomic mass is 10.5. The van der Waals surface area contributed by atoms with Gasteiger partial charge in [0, 0.05) is 0 Å². The summed E-state index contributed by atoms with van der Waals surface area (Å²) in [5, 5.41) is 11.4. The van der Waals surface area contributed by atoms with Crippen molar-refractivity contribution in [2.24, 2.45) is 0 Å². The van der Waals surface area contributed by atoms with Gasteiger partial charge < -0.3 is 19.2 Å². The van der Waals surface area contributed by atoms with Crippen LogP contribution in [0.25, 0.3) is 0 Å². The monoisotopic (exact) mass is 267 g/mol. The van der Waals surface area contributed by atoms with Gasteiger partial charge in [-0.1, -0.05) is 0 Å². The predicted octanol–water partition coefficient (Wildman–Crippen LogP) is 0.698. The largest absolute Gasteiger partial charge is 0.465 e. The molecule has 0 fully saturated rings. The average molecular weight is 267 g/mol. The fourth-order valence-electron chi connectivity index (χ4n) is 1.16. The van der Waals surface area contributed by atoms with Crippen molar-refractivity contribution < 1.29 is 23.5 Å². The number of nitrogens with zero attached hydrogens (tertiary/aromatic N) is 2. The Morgan fingerprint density at radius 1 is 1.37 bits per heavy atom. The van der Waals surface area contributed by atoms with Gasteiger partial charge >= 0.3 is 17.8 Å². The molecule has 0 atom stereocenters. The Bertz CT molecular complexity index is 503. The summed E-state index contributed by atoms with van der Waals surface area (Å²) in [4.78, 5) is 26.2. The van der Waals surface area contributed by atoms with E-state index in [2.05, 4.69) is 15.0 Å². The number of hydrogen-bond acceptors (Lipinski definition) is 8. The molecule has 0 aliphatic heterocycles. The normalized spacial score (nSPS) is 9.53. The lowest BCUT2D eigenvalue weighted by Crippen LogP contribution is -2.16.